The molecule has 6 heteroatoms. The lowest BCUT2D eigenvalue weighted by Crippen LogP contribution is -2.34. The van der Waals surface area contributed by atoms with Crippen molar-refractivity contribution in [2.75, 3.05) is 32.5 Å². The molecule has 1 heterocycles. The predicted octanol–water partition coefficient (Wildman–Crippen LogP) is 2.97. The zero-order valence-electron chi connectivity index (χ0n) is 12.5. The van der Waals surface area contributed by atoms with Crippen molar-refractivity contribution in [3.8, 4) is 11.3 Å². The maximum absolute atomic E-state index is 5.30. The smallest absolute Gasteiger partial charge is 0.170 e. The maximum atomic E-state index is 5.30. The number of nitrogens with one attached hydrogen (secondary N) is 2. The van der Waals surface area contributed by atoms with Gasteiger partial charge in [-0.2, -0.15) is 0 Å². The molecule has 0 aliphatic carbocycles. The Hall–Kier alpha value is -1.50. The number of nitrogens with zero attached hydrogens (tertiary/aromatic N) is 2. The van der Waals surface area contributed by atoms with E-state index in [9.17, 15) is 0 Å². The molecule has 0 aliphatic rings. The highest BCUT2D eigenvalue weighted by molar-refractivity contribution is 7.80. The highest BCUT2D eigenvalue weighted by Gasteiger charge is 2.04. The number of hydrogen-bond donors (Lipinski definition) is 2. The maximum Gasteiger partial charge on any atom is 0.170 e. The van der Waals surface area contributed by atoms with Crippen LogP contribution in [0.2, 0.25) is 0 Å². The van der Waals surface area contributed by atoms with Gasteiger partial charge in [-0.05, 0) is 45.4 Å². The van der Waals surface area contributed by atoms with Crippen LogP contribution in [0.15, 0.2) is 29.6 Å². The normalized spacial score (nSPS) is 10.7. The highest BCUT2D eigenvalue weighted by atomic mass is 32.1. The Morgan fingerprint density at radius 3 is 2.86 bits per heavy atom. The quantitative estimate of drug-likeness (QED) is 0.829. The average molecular weight is 320 g/mol. The van der Waals surface area contributed by atoms with Crippen molar-refractivity contribution >= 4 is 34.4 Å². The van der Waals surface area contributed by atoms with Gasteiger partial charge in [0.05, 0.1) is 10.7 Å². The van der Waals surface area contributed by atoms with Crippen LogP contribution >= 0.6 is 23.6 Å². The topological polar surface area (TPSA) is 40.2 Å². The van der Waals surface area contributed by atoms with Crippen LogP contribution in [0.4, 0.5) is 5.69 Å². The van der Waals surface area contributed by atoms with Crippen LogP contribution in [-0.2, 0) is 0 Å². The van der Waals surface area contributed by atoms with Gasteiger partial charge in [0.15, 0.2) is 5.11 Å². The van der Waals surface area contributed by atoms with Crippen LogP contribution in [0.3, 0.4) is 0 Å². The minimum atomic E-state index is 0.642. The van der Waals surface area contributed by atoms with Gasteiger partial charge < -0.3 is 15.5 Å². The van der Waals surface area contributed by atoms with Crippen LogP contribution in [0.25, 0.3) is 11.3 Å². The van der Waals surface area contributed by atoms with Crippen LogP contribution in [0, 0.1) is 6.92 Å². The Morgan fingerprint density at radius 2 is 2.19 bits per heavy atom. The summed E-state index contributed by atoms with van der Waals surface area (Å²) in [5.74, 6) is 0. The molecule has 0 fully saturated rings. The number of rotatable bonds is 5. The molecule has 0 saturated heterocycles. The van der Waals surface area contributed by atoms with Gasteiger partial charge in [-0.15, -0.1) is 11.3 Å². The van der Waals surface area contributed by atoms with Gasteiger partial charge >= 0.3 is 0 Å². The first-order chi connectivity index (χ1) is 10.0. The number of aromatic nitrogens is 1. The summed E-state index contributed by atoms with van der Waals surface area (Å²) in [5.41, 5.74) is 3.08. The van der Waals surface area contributed by atoms with Crippen LogP contribution in [0.1, 0.15) is 5.01 Å². The molecule has 0 aliphatic heterocycles. The number of likely N-dealkylation sites (N-methyl/N-ethyl adjacent to an activating group) is 1. The zero-order valence-corrected chi connectivity index (χ0v) is 14.1. The summed E-state index contributed by atoms with van der Waals surface area (Å²) in [6, 6.07) is 8.13. The second kappa shape index (κ2) is 7.49. The van der Waals surface area contributed by atoms with Crippen molar-refractivity contribution in [1.29, 1.82) is 0 Å². The van der Waals surface area contributed by atoms with E-state index in [-0.39, 0.29) is 0 Å². The second-order valence-electron chi connectivity index (χ2n) is 5.02. The molecule has 0 spiro atoms. The lowest BCUT2D eigenvalue weighted by molar-refractivity contribution is 0.413. The van der Waals surface area contributed by atoms with E-state index in [0.29, 0.717) is 5.11 Å². The third kappa shape index (κ3) is 5.08. The van der Waals surface area contributed by atoms with Gasteiger partial charge in [0.2, 0.25) is 0 Å². The average Bonchev–Trinajstić information content (AvgIpc) is 2.85. The van der Waals surface area contributed by atoms with E-state index in [0.717, 1.165) is 35.0 Å². The van der Waals surface area contributed by atoms with Crippen molar-refractivity contribution in [2.45, 2.75) is 6.92 Å². The molecule has 21 heavy (non-hydrogen) atoms. The fourth-order valence-corrected chi connectivity index (χ4v) is 2.66. The van der Waals surface area contributed by atoms with Crippen molar-refractivity contribution in [3.05, 3.63) is 34.7 Å². The SMILES string of the molecule is Cc1nc(-c2cccc(NC(=S)NCCN(C)C)c2)cs1. The van der Waals surface area contributed by atoms with E-state index in [1.165, 1.54) is 0 Å². The molecule has 2 N–H and O–H groups in total. The lowest BCUT2D eigenvalue weighted by Gasteiger charge is -2.13. The first kappa shape index (κ1) is 15.9. The Morgan fingerprint density at radius 1 is 1.38 bits per heavy atom. The summed E-state index contributed by atoms with van der Waals surface area (Å²) in [6.45, 7) is 3.78. The molecule has 0 saturated carbocycles. The van der Waals surface area contributed by atoms with E-state index >= 15 is 0 Å². The molecule has 0 bridgehead atoms. The third-order valence-corrected chi connectivity index (χ3v) is 3.90. The van der Waals surface area contributed by atoms with Crippen LogP contribution in [-0.4, -0.2) is 42.2 Å². The fraction of sp³-hybridized carbons (Fsp3) is 0.333. The molecular formula is C15H20N4S2. The highest BCUT2D eigenvalue weighted by Crippen LogP contribution is 2.24. The van der Waals surface area contributed by atoms with Gasteiger partial charge in [0.25, 0.3) is 0 Å². The minimum Gasteiger partial charge on any atom is -0.361 e. The Labute approximate surface area is 135 Å². The van der Waals surface area contributed by atoms with E-state index in [4.69, 9.17) is 12.2 Å². The van der Waals surface area contributed by atoms with Gasteiger partial charge in [0, 0.05) is 29.7 Å². The van der Waals surface area contributed by atoms with Crippen molar-refractivity contribution in [3.63, 3.8) is 0 Å². The summed E-state index contributed by atoms with van der Waals surface area (Å²) in [5, 5.41) is 10.2. The van der Waals surface area contributed by atoms with Crippen molar-refractivity contribution < 1.29 is 0 Å². The van der Waals surface area contributed by atoms with Gasteiger partial charge in [0.1, 0.15) is 0 Å². The first-order valence-electron chi connectivity index (χ1n) is 6.77. The summed E-state index contributed by atoms with van der Waals surface area (Å²) in [7, 11) is 4.08. The number of thiocarbonyl (C=S) groups is 1. The number of thiazole rings is 1. The van der Waals surface area contributed by atoms with Crippen molar-refractivity contribution in [2.24, 2.45) is 0 Å². The summed E-state index contributed by atoms with van der Waals surface area (Å²) in [6.07, 6.45) is 0. The number of benzene rings is 1. The molecule has 0 atom stereocenters. The van der Waals surface area contributed by atoms with E-state index < -0.39 is 0 Å². The van der Waals surface area contributed by atoms with Crippen LogP contribution in [0.5, 0.6) is 0 Å². The van der Waals surface area contributed by atoms with Gasteiger partial charge in [-0.1, -0.05) is 12.1 Å². The minimum absolute atomic E-state index is 0.642. The van der Waals surface area contributed by atoms with Crippen molar-refractivity contribution in [1.82, 2.24) is 15.2 Å². The first-order valence-corrected chi connectivity index (χ1v) is 8.05. The largest absolute Gasteiger partial charge is 0.361 e. The Balaban J connectivity index is 1.96. The molecule has 4 nitrogen and oxygen atoms in total. The molecule has 1 aromatic heterocycles. The molecule has 0 amide bonds. The Bertz CT molecular complexity index is 607. The van der Waals surface area contributed by atoms with Gasteiger partial charge in [-0.25, -0.2) is 4.98 Å². The summed E-state index contributed by atoms with van der Waals surface area (Å²) in [4.78, 5) is 6.62. The van der Waals surface area contributed by atoms with E-state index in [1.54, 1.807) is 11.3 Å². The molecule has 0 radical (unpaired) electrons. The molecule has 1 aromatic carbocycles. The summed E-state index contributed by atoms with van der Waals surface area (Å²) >= 11 is 6.96. The predicted molar refractivity (Wildman–Crippen MR) is 95.1 cm³/mol. The Kier molecular flexibility index (Phi) is 5.67. The fourth-order valence-electron chi connectivity index (χ4n) is 1.82. The second-order valence-corrected chi connectivity index (χ2v) is 6.49. The molecule has 0 unspecified atom stereocenters. The van der Waals surface area contributed by atoms with Gasteiger partial charge in [-0.3, -0.25) is 0 Å². The monoisotopic (exact) mass is 320 g/mol. The standard InChI is InChI=1S/C15H20N4S2/c1-11-17-14(10-21-11)12-5-4-6-13(9-12)18-15(20)16-7-8-19(2)3/h4-6,9-10H,7-8H2,1-3H3,(H2,16,18,20). The summed E-state index contributed by atoms with van der Waals surface area (Å²) < 4.78 is 0. The number of aryl methyl sites for hydroxylation is 1. The number of hydrogen-bond acceptors (Lipinski definition) is 4. The molecule has 112 valence electrons. The molecule has 2 rings (SSSR count). The van der Waals surface area contributed by atoms with E-state index in [2.05, 4.69) is 38.0 Å². The molecule has 2 aromatic rings. The number of anilines is 1. The lowest BCUT2D eigenvalue weighted by atomic mass is 10.1. The van der Waals surface area contributed by atoms with Crippen LogP contribution < -0.4 is 10.6 Å². The van der Waals surface area contributed by atoms with E-state index in [1.807, 2.05) is 33.2 Å². The zero-order chi connectivity index (χ0) is 15.2. The third-order valence-electron chi connectivity index (χ3n) is 2.88. The molecular weight excluding hydrogens is 300 g/mol.